The second-order valence-electron chi connectivity index (χ2n) is 10.9. The molecule has 4 rings (SSSR count). The van der Waals surface area contributed by atoms with Gasteiger partial charge in [-0.2, -0.15) is 0 Å². The Hall–Kier alpha value is -4.42. The third-order valence-corrected chi connectivity index (χ3v) is 7.68. The van der Waals surface area contributed by atoms with E-state index in [-0.39, 0.29) is 30.9 Å². The van der Waals surface area contributed by atoms with Crippen LogP contribution in [0.5, 0.6) is 5.75 Å². The van der Waals surface area contributed by atoms with Gasteiger partial charge in [0.05, 0.1) is 6.04 Å². The number of aromatic nitrogens is 1. The minimum atomic E-state index is -1.26. The fourth-order valence-corrected chi connectivity index (χ4v) is 5.28. The molecular formula is C31H40N6O6. The van der Waals surface area contributed by atoms with Gasteiger partial charge in [0, 0.05) is 29.9 Å². The van der Waals surface area contributed by atoms with Gasteiger partial charge in [-0.1, -0.05) is 30.3 Å². The van der Waals surface area contributed by atoms with Gasteiger partial charge in [0.15, 0.2) is 0 Å². The molecule has 230 valence electrons. The first-order chi connectivity index (χ1) is 20.7. The largest absolute Gasteiger partial charge is 0.508 e. The standard InChI is InChI=1S/C31H40N6O6/c32-14-4-3-8-25(29(40)37-27(31(42)43)16-19-10-12-21(38)13-11-19)35-30(41)26(36-28(39)24-9-5-15-33-24)17-20-18-34-23-7-2-1-6-22(20)23/h1-2,6-7,10-13,18,24-27,33-34,38H,3-5,8-9,14-17,32H2,(H,35,41)(H,36,39)(H,37,40)(H,42,43). The van der Waals surface area contributed by atoms with Crippen LogP contribution < -0.4 is 27.0 Å². The fraction of sp³-hybridized carbons (Fsp3) is 0.419. The van der Waals surface area contributed by atoms with E-state index in [2.05, 4.69) is 26.3 Å². The molecule has 3 amide bonds. The Balaban J connectivity index is 1.51. The first-order valence-electron chi connectivity index (χ1n) is 14.7. The highest BCUT2D eigenvalue weighted by atomic mass is 16.4. The van der Waals surface area contributed by atoms with Gasteiger partial charge in [0.25, 0.3) is 0 Å². The van der Waals surface area contributed by atoms with Gasteiger partial charge in [0.1, 0.15) is 23.9 Å². The van der Waals surface area contributed by atoms with Crippen LogP contribution in [0.1, 0.15) is 43.2 Å². The minimum Gasteiger partial charge on any atom is -0.508 e. The smallest absolute Gasteiger partial charge is 0.326 e. The lowest BCUT2D eigenvalue weighted by molar-refractivity contribution is -0.142. The molecule has 1 saturated heterocycles. The molecule has 0 saturated carbocycles. The molecule has 2 aromatic carbocycles. The fourth-order valence-electron chi connectivity index (χ4n) is 5.28. The summed E-state index contributed by atoms with van der Waals surface area (Å²) in [5.41, 5.74) is 7.99. The number of nitrogens with two attached hydrogens (primary N) is 1. The number of aromatic amines is 1. The molecule has 3 aromatic rings. The summed E-state index contributed by atoms with van der Waals surface area (Å²) in [6.45, 7) is 1.12. The Kier molecular flexibility index (Phi) is 11.1. The van der Waals surface area contributed by atoms with E-state index >= 15 is 0 Å². The number of phenols is 1. The Morgan fingerprint density at radius 3 is 2.33 bits per heavy atom. The Morgan fingerprint density at radius 1 is 0.907 bits per heavy atom. The summed E-state index contributed by atoms with van der Waals surface area (Å²) >= 11 is 0. The summed E-state index contributed by atoms with van der Waals surface area (Å²) in [7, 11) is 0. The number of carboxylic acids is 1. The van der Waals surface area contributed by atoms with E-state index in [0.29, 0.717) is 31.4 Å². The second-order valence-corrected chi connectivity index (χ2v) is 10.9. The van der Waals surface area contributed by atoms with Gasteiger partial charge >= 0.3 is 5.97 Å². The summed E-state index contributed by atoms with van der Waals surface area (Å²) < 4.78 is 0. The number of hydrogen-bond donors (Lipinski definition) is 8. The third-order valence-electron chi connectivity index (χ3n) is 7.68. The van der Waals surface area contributed by atoms with Crippen molar-refractivity contribution in [3.05, 3.63) is 65.9 Å². The van der Waals surface area contributed by atoms with E-state index in [0.717, 1.165) is 29.4 Å². The number of amides is 3. The highest BCUT2D eigenvalue weighted by Crippen LogP contribution is 2.20. The molecule has 1 aromatic heterocycles. The van der Waals surface area contributed by atoms with E-state index in [9.17, 15) is 29.4 Å². The zero-order valence-electron chi connectivity index (χ0n) is 24.0. The van der Waals surface area contributed by atoms with Crippen molar-refractivity contribution in [3.63, 3.8) is 0 Å². The maximum atomic E-state index is 13.7. The van der Waals surface area contributed by atoms with E-state index in [1.165, 1.54) is 12.1 Å². The van der Waals surface area contributed by atoms with Crippen molar-refractivity contribution < 1.29 is 29.4 Å². The van der Waals surface area contributed by atoms with Crippen molar-refractivity contribution in [1.29, 1.82) is 0 Å². The average molecular weight is 593 g/mol. The number of phenolic OH excluding ortho intramolecular Hbond substituents is 1. The number of hydrogen-bond acceptors (Lipinski definition) is 7. The number of carbonyl (C=O) groups excluding carboxylic acids is 3. The van der Waals surface area contributed by atoms with Gasteiger partial charge < -0.3 is 42.2 Å². The van der Waals surface area contributed by atoms with Gasteiger partial charge in [-0.3, -0.25) is 14.4 Å². The van der Waals surface area contributed by atoms with Crippen LogP contribution in [0.2, 0.25) is 0 Å². The number of nitrogens with one attached hydrogen (secondary N) is 5. The van der Waals surface area contributed by atoms with Crippen LogP contribution in [0, 0.1) is 0 Å². The van der Waals surface area contributed by atoms with Crippen LogP contribution in [0.15, 0.2) is 54.7 Å². The SMILES string of the molecule is NCCCCC(NC(=O)C(Cc1c[nH]c2ccccc12)NC(=O)C1CCCN1)C(=O)NC(Cc1ccc(O)cc1)C(=O)O. The van der Waals surface area contributed by atoms with Crippen LogP contribution in [0.25, 0.3) is 10.9 Å². The summed E-state index contributed by atoms with van der Waals surface area (Å²) in [6.07, 6.45) is 4.86. The normalized spacial score (nSPS) is 16.7. The molecule has 1 aliphatic rings. The molecule has 9 N–H and O–H groups in total. The first kappa shape index (κ1) is 31.5. The molecule has 12 heteroatoms. The van der Waals surface area contributed by atoms with Crippen molar-refractivity contribution in [3.8, 4) is 5.75 Å². The molecule has 4 atom stereocenters. The molecule has 43 heavy (non-hydrogen) atoms. The van der Waals surface area contributed by atoms with Crippen LogP contribution >= 0.6 is 0 Å². The highest BCUT2D eigenvalue weighted by Gasteiger charge is 2.32. The number of carbonyl (C=O) groups is 4. The highest BCUT2D eigenvalue weighted by molar-refractivity contribution is 5.95. The van der Waals surface area contributed by atoms with Gasteiger partial charge in [-0.05, 0) is 74.5 Å². The Morgan fingerprint density at radius 2 is 1.63 bits per heavy atom. The van der Waals surface area contributed by atoms with Crippen molar-refractivity contribution in [2.45, 2.75) is 69.1 Å². The van der Waals surface area contributed by atoms with Gasteiger partial charge in [-0.15, -0.1) is 0 Å². The molecule has 2 heterocycles. The monoisotopic (exact) mass is 592 g/mol. The summed E-state index contributed by atoms with van der Waals surface area (Å²) in [4.78, 5) is 55.4. The number of rotatable bonds is 15. The molecular weight excluding hydrogens is 552 g/mol. The minimum absolute atomic E-state index is 0.0154. The molecule has 1 fully saturated rings. The quantitative estimate of drug-likeness (QED) is 0.120. The average Bonchev–Trinajstić information content (AvgIpc) is 3.68. The maximum Gasteiger partial charge on any atom is 0.326 e. The molecule has 0 bridgehead atoms. The van der Waals surface area contributed by atoms with Gasteiger partial charge in [-0.25, -0.2) is 4.79 Å². The van der Waals surface area contributed by atoms with Crippen molar-refractivity contribution in [2.24, 2.45) is 5.73 Å². The van der Waals surface area contributed by atoms with Crippen LogP contribution in [-0.4, -0.2) is 76.1 Å². The molecule has 12 nitrogen and oxygen atoms in total. The number of aromatic hydroxyl groups is 1. The number of aliphatic carboxylic acids is 1. The molecule has 4 unspecified atom stereocenters. The summed E-state index contributed by atoms with van der Waals surface area (Å²) in [5.74, 6) is -2.68. The van der Waals surface area contributed by atoms with Crippen molar-refractivity contribution in [2.75, 3.05) is 13.1 Å². The van der Waals surface area contributed by atoms with Crippen LogP contribution in [0.4, 0.5) is 0 Å². The molecule has 1 aliphatic heterocycles. The lowest BCUT2D eigenvalue weighted by atomic mass is 10.0. The lowest BCUT2D eigenvalue weighted by Gasteiger charge is -2.25. The third kappa shape index (κ3) is 8.79. The predicted octanol–water partition coefficient (Wildman–Crippen LogP) is 1.08. The van der Waals surface area contributed by atoms with Crippen molar-refractivity contribution >= 4 is 34.6 Å². The van der Waals surface area contributed by atoms with E-state index in [1.807, 2.05) is 24.3 Å². The number of fused-ring (bicyclic) bond motifs is 1. The summed E-state index contributed by atoms with van der Waals surface area (Å²) in [6, 6.07) is 9.98. The number of unbranched alkanes of at least 4 members (excludes halogenated alkanes) is 1. The van der Waals surface area contributed by atoms with Crippen molar-refractivity contribution in [1.82, 2.24) is 26.3 Å². The maximum absolute atomic E-state index is 13.7. The topological polar surface area (TPSA) is 199 Å². The molecule has 0 aliphatic carbocycles. The summed E-state index contributed by atoms with van der Waals surface area (Å²) in [5, 5.41) is 31.6. The molecule has 0 radical (unpaired) electrons. The predicted molar refractivity (Wildman–Crippen MR) is 161 cm³/mol. The molecule has 0 spiro atoms. The zero-order valence-corrected chi connectivity index (χ0v) is 24.0. The number of benzene rings is 2. The van der Waals surface area contributed by atoms with E-state index < -0.39 is 42.0 Å². The zero-order chi connectivity index (χ0) is 30.8. The van der Waals surface area contributed by atoms with Crippen LogP contribution in [0.3, 0.4) is 0 Å². The Bertz CT molecular complexity index is 1400. The Labute approximate surface area is 249 Å². The van der Waals surface area contributed by atoms with E-state index in [4.69, 9.17) is 5.73 Å². The number of H-pyrrole nitrogens is 1. The van der Waals surface area contributed by atoms with Gasteiger partial charge in [0.2, 0.25) is 17.7 Å². The van der Waals surface area contributed by atoms with E-state index in [1.54, 1.807) is 18.3 Å². The number of para-hydroxylation sites is 1. The number of carboxylic acid groups (broad SMARTS) is 1. The lowest BCUT2D eigenvalue weighted by Crippen LogP contribution is -2.57. The second kappa shape index (κ2) is 15.2. The van der Waals surface area contributed by atoms with Crippen LogP contribution in [-0.2, 0) is 32.0 Å². The first-order valence-corrected chi connectivity index (χ1v) is 14.7.